The zero-order valence-corrected chi connectivity index (χ0v) is 10.9. The minimum atomic E-state index is -0.0425. The Balaban J connectivity index is 2.47. The van der Waals surface area contributed by atoms with E-state index in [0.29, 0.717) is 12.1 Å². The number of nitrogens with one attached hydrogen (secondary N) is 1. The Labute approximate surface area is 108 Å². The SMILES string of the molecule is C#CCCCCNC(=O)c1cc(S)ccc1C. The van der Waals surface area contributed by atoms with Gasteiger partial charge >= 0.3 is 0 Å². The summed E-state index contributed by atoms with van der Waals surface area (Å²) in [6.45, 7) is 2.58. The molecule has 0 atom stereocenters. The molecule has 1 rings (SSSR count). The van der Waals surface area contributed by atoms with Gasteiger partial charge in [-0.05, 0) is 37.5 Å². The minimum Gasteiger partial charge on any atom is -0.352 e. The van der Waals surface area contributed by atoms with Gasteiger partial charge in [-0.15, -0.1) is 25.0 Å². The largest absolute Gasteiger partial charge is 0.352 e. The van der Waals surface area contributed by atoms with Crippen LogP contribution in [0.15, 0.2) is 23.1 Å². The lowest BCUT2D eigenvalue weighted by Crippen LogP contribution is -2.25. The van der Waals surface area contributed by atoms with Crippen molar-refractivity contribution in [2.75, 3.05) is 6.54 Å². The zero-order valence-electron chi connectivity index (χ0n) is 9.99. The van der Waals surface area contributed by atoms with Crippen LogP contribution in [0, 0.1) is 19.3 Å². The second-order valence-corrected chi connectivity index (χ2v) is 4.43. The van der Waals surface area contributed by atoms with Crippen LogP contribution in [0.3, 0.4) is 0 Å². The van der Waals surface area contributed by atoms with Gasteiger partial charge in [-0.3, -0.25) is 4.79 Å². The smallest absolute Gasteiger partial charge is 0.251 e. The number of aryl methyl sites for hydroxylation is 1. The monoisotopic (exact) mass is 247 g/mol. The number of unbranched alkanes of at least 4 members (excludes halogenated alkanes) is 2. The summed E-state index contributed by atoms with van der Waals surface area (Å²) in [7, 11) is 0. The summed E-state index contributed by atoms with van der Waals surface area (Å²) in [4.78, 5) is 12.7. The van der Waals surface area contributed by atoms with Gasteiger partial charge < -0.3 is 5.32 Å². The van der Waals surface area contributed by atoms with Gasteiger partial charge in [0.05, 0.1) is 0 Å². The number of carbonyl (C=O) groups is 1. The van der Waals surface area contributed by atoms with Gasteiger partial charge in [0.2, 0.25) is 0 Å². The number of rotatable bonds is 5. The molecular formula is C14H17NOS. The Morgan fingerprint density at radius 3 is 2.94 bits per heavy atom. The van der Waals surface area contributed by atoms with Crippen LogP contribution in [0.25, 0.3) is 0 Å². The summed E-state index contributed by atoms with van der Waals surface area (Å²) >= 11 is 4.23. The topological polar surface area (TPSA) is 29.1 Å². The molecule has 0 aliphatic rings. The highest BCUT2D eigenvalue weighted by Gasteiger charge is 2.08. The highest BCUT2D eigenvalue weighted by molar-refractivity contribution is 7.80. The third kappa shape index (κ3) is 4.54. The van der Waals surface area contributed by atoms with Crippen LogP contribution in [0.1, 0.15) is 35.2 Å². The summed E-state index contributed by atoms with van der Waals surface area (Å²) in [6, 6.07) is 5.56. The summed E-state index contributed by atoms with van der Waals surface area (Å²) in [5.74, 6) is 2.54. The first-order chi connectivity index (χ1) is 8.15. The molecule has 1 aromatic carbocycles. The number of hydrogen-bond acceptors (Lipinski definition) is 2. The molecule has 0 saturated heterocycles. The van der Waals surface area contributed by atoms with Crippen LogP contribution in [-0.4, -0.2) is 12.5 Å². The van der Waals surface area contributed by atoms with Crippen LogP contribution in [-0.2, 0) is 0 Å². The van der Waals surface area contributed by atoms with Crippen molar-refractivity contribution < 1.29 is 4.79 Å². The quantitative estimate of drug-likeness (QED) is 0.467. The number of thiol groups is 1. The Bertz CT molecular complexity index is 434. The summed E-state index contributed by atoms with van der Waals surface area (Å²) in [5.41, 5.74) is 1.65. The molecule has 0 aliphatic carbocycles. The standard InChI is InChI=1S/C14H17NOS/c1-3-4-5-6-9-15-14(16)13-10-12(17)8-7-11(13)2/h1,7-8,10,17H,4-6,9H2,2H3,(H,15,16). The normalized spacial score (nSPS) is 9.71. The van der Waals surface area contributed by atoms with Gasteiger partial charge in [-0.1, -0.05) is 6.07 Å². The van der Waals surface area contributed by atoms with Gasteiger partial charge in [-0.2, -0.15) is 0 Å². The molecule has 0 bridgehead atoms. The van der Waals surface area contributed by atoms with E-state index in [0.717, 1.165) is 29.7 Å². The lowest BCUT2D eigenvalue weighted by molar-refractivity contribution is 0.0952. The Kier molecular flexibility index (Phi) is 5.65. The first-order valence-electron chi connectivity index (χ1n) is 5.66. The van der Waals surface area contributed by atoms with Crippen LogP contribution in [0.4, 0.5) is 0 Å². The lowest BCUT2D eigenvalue weighted by atomic mass is 10.1. The third-order valence-corrected chi connectivity index (χ3v) is 2.78. The van der Waals surface area contributed by atoms with E-state index in [1.165, 1.54) is 0 Å². The fourth-order valence-electron chi connectivity index (χ4n) is 1.50. The van der Waals surface area contributed by atoms with Crippen LogP contribution in [0.2, 0.25) is 0 Å². The molecule has 0 spiro atoms. The molecule has 17 heavy (non-hydrogen) atoms. The average molecular weight is 247 g/mol. The number of amides is 1. The number of hydrogen-bond donors (Lipinski definition) is 2. The number of carbonyl (C=O) groups excluding carboxylic acids is 1. The van der Waals surface area contributed by atoms with E-state index in [1.807, 2.05) is 19.1 Å². The van der Waals surface area contributed by atoms with Crippen molar-refractivity contribution in [3.05, 3.63) is 29.3 Å². The van der Waals surface area contributed by atoms with Gasteiger partial charge in [0.15, 0.2) is 0 Å². The van der Waals surface area contributed by atoms with E-state index < -0.39 is 0 Å². The fraction of sp³-hybridized carbons (Fsp3) is 0.357. The van der Waals surface area contributed by atoms with E-state index in [9.17, 15) is 4.79 Å². The van der Waals surface area contributed by atoms with Crippen molar-refractivity contribution in [1.82, 2.24) is 5.32 Å². The van der Waals surface area contributed by atoms with Crippen molar-refractivity contribution in [3.8, 4) is 12.3 Å². The van der Waals surface area contributed by atoms with Crippen LogP contribution >= 0.6 is 12.6 Å². The molecular weight excluding hydrogens is 230 g/mol. The average Bonchev–Trinajstić information content (AvgIpc) is 2.32. The van der Waals surface area contributed by atoms with Crippen molar-refractivity contribution >= 4 is 18.5 Å². The minimum absolute atomic E-state index is 0.0425. The lowest BCUT2D eigenvalue weighted by Gasteiger charge is -2.07. The van der Waals surface area contributed by atoms with E-state index in [-0.39, 0.29) is 5.91 Å². The molecule has 2 nitrogen and oxygen atoms in total. The zero-order chi connectivity index (χ0) is 12.7. The maximum Gasteiger partial charge on any atom is 0.251 e. The molecule has 0 radical (unpaired) electrons. The summed E-state index contributed by atoms with van der Waals surface area (Å²) in [5, 5.41) is 2.88. The molecule has 0 heterocycles. The molecule has 1 amide bonds. The highest BCUT2D eigenvalue weighted by atomic mass is 32.1. The highest BCUT2D eigenvalue weighted by Crippen LogP contribution is 2.13. The second kappa shape index (κ2) is 7.03. The number of benzene rings is 1. The fourth-order valence-corrected chi connectivity index (χ4v) is 1.71. The maximum absolute atomic E-state index is 11.9. The Hall–Kier alpha value is -1.40. The van der Waals surface area contributed by atoms with Crippen molar-refractivity contribution in [1.29, 1.82) is 0 Å². The molecule has 3 heteroatoms. The number of terminal acetylenes is 1. The van der Waals surface area contributed by atoms with Crippen molar-refractivity contribution in [2.45, 2.75) is 31.1 Å². The second-order valence-electron chi connectivity index (χ2n) is 3.92. The van der Waals surface area contributed by atoms with Crippen LogP contribution < -0.4 is 5.32 Å². The van der Waals surface area contributed by atoms with Crippen molar-refractivity contribution in [3.63, 3.8) is 0 Å². The Morgan fingerprint density at radius 1 is 1.47 bits per heavy atom. The first kappa shape index (κ1) is 13.7. The van der Waals surface area contributed by atoms with E-state index in [4.69, 9.17) is 6.42 Å². The van der Waals surface area contributed by atoms with E-state index >= 15 is 0 Å². The molecule has 0 aliphatic heterocycles. The molecule has 0 unspecified atom stereocenters. The van der Waals surface area contributed by atoms with E-state index in [1.54, 1.807) is 6.07 Å². The molecule has 1 aromatic rings. The predicted octanol–water partition coefficient (Wildman–Crippen LogP) is 2.82. The predicted molar refractivity (Wildman–Crippen MR) is 73.4 cm³/mol. The van der Waals surface area contributed by atoms with Gasteiger partial charge in [0.25, 0.3) is 5.91 Å². The molecule has 0 saturated carbocycles. The molecule has 0 aromatic heterocycles. The summed E-state index contributed by atoms with van der Waals surface area (Å²) in [6.07, 6.45) is 7.78. The van der Waals surface area contributed by atoms with Gasteiger partial charge in [0.1, 0.15) is 0 Å². The third-order valence-electron chi connectivity index (χ3n) is 2.50. The van der Waals surface area contributed by atoms with Gasteiger partial charge in [0, 0.05) is 23.4 Å². The summed E-state index contributed by atoms with van der Waals surface area (Å²) < 4.78 is 0. The molecule has 90 valence electrons. The van der Waals surface area contributed by atoms with Crippen molar-refractivity contribution in [2.24, 2.45) is 0 Å². The molecule has 1 N–H and O–H groups in total. The Morgan fingerprint density at radius 2 is 2.24 bits per heavy atom. The van der Waals surface area contributed by atoms with E-state index in [2.05, 4.69) is 23.9 Å². The maximum atomic E-state index is 11.9. The first-order valence-corrected chi connectivity index (χ1v) is 6.11. The van der Waals surface area contributed by atoms with Gasteiger partial charge in [-0.25, -0.2) is 0 Å². The van der Waals surface area contributed by atoms with Crippen LogP contribution in [0.5, 0.6) is 0 Å². The molecule has 0 fully saturated rings.